The van der Waals surface area contributed by atoms with Crippen molar-refractivity contribution in [1.82, 2.24) is 10.2 Å². The van der Waals surface area contributed by atoms with Crippen LogP contribution in [0.5, 0.6) is 11.5 Å². The summed E-state index contributed by atoms with van der Waals surface area (Å²) in [6, 6.07) is 11.8. The van der Waals surface area contributed by atoms with Crippen molar-refractivity contribution in [2.24, 2.45) is 0 Å². The zero-order valence-electron chi connectivity index (χ0n) is 16.0. The van der Waals surface area contributed by atoms with Gasteiger partial charge in [0.05, 0.1) is 14.2 Å². The summed E-state index contributed by atoms with van der Waals surface area (Å²) < 4.78 is 10.7. The first-order valence-corrected chi connectivity index (χ1v) is 10.3. The molecular weight excluding hydrogens is 400 g/mol. The standard InChI is InChI=1S/C20H25ClN2O2S2/c1-14-11-18(24-3)19(25-4)12-15(14)13-23(2)20(26)22-9-10-27-17-7-5-16(21)6-8-17/h5-8,11-12H,9-10,13H2,1-4H3,(H,22,26). The molecule has 7 heteroatoms. The van der Waals surface area contributed by atoms with Crippen LogP contribution in [0, 0.1) is 6.92 Å². The Morgan fingerprint density at radius 1 is 1.15 bits per heavy atom. The van der Waals surface area contributed by atoms with E-state index in [-0.39, 0.29) is 0 Å². The van der Waals surface area contributed by atoms with Gasteiger partial charge in [0, 0.05) is 35.8 Å². The van der Waals surface area contributed by atoms with Crippen LogP contribution in [0.4, 0.5) is 0 Å². The highest BCUT2D eigenvalue weighted by Gasteiger charge is 2.12. The number of aryl methyl sites for hydroxylation is 1. The number of ether oxygens (including phenoxy) is 2. The number of methoxy groups -OCH3 is 2. The van der Waals surface area contributed by atoms with Gasteiger partial charge in [0.25, 0.3) is 0 Å². The first-order chi connectivity index (χ1) is 12.9. The van der Waals surface area contributed by atoms with E-state index in [0.717, 1.165) is 45.1 Å². The van der Waals surface area contributed by atoms with E-state index in [1.165, 1.54) is 4.90 Å². The van der Waals surface area contributed by atoms with Crippen LogP contribution < -0.4 is 14.8 Å². The summed E-state index contributed by atoms with van der Waals surface area (Å²) >= 11 is 13.2. The summed E-state index contributed by atoms with van der Waals surface area (Å²) in [5.41, 5.74) is 2.29. The third-order valence-corrected chi connectivity index (χ3v) is 5.78. The topological polar surface area (TPSA) is 33.7 Å². The highest BCUT2D eigenvalue weighted by molar-refractivity contribution is 7.99. The Hall–Kier alpha value is -1.63. The molecule has 0 saturated carbocycles. The molecule has 0 spiro atoms. The minimum absolute atomic E-state index is 0.697. The van der Waals surface area contributed by atoms with Crippen molar-refractivity contribution in [2.75, 3.05) is 33.6 Å². The van der Waals surface area contributed by atoms with Gasteiger partial charge in [-0.2, -0.15) is 0 Å². The Bertz CT molecular complexity index is 769. The lowest BCUT2D eigenvalue weighted by molar-refractivity contribution is 0.353. The molecule has 0 fully saturated rings. The second-order valence-corrected chi connectivity index (χ2v) is 8.02. The molecule has 0 bridgehead atoms. The van der Waals surface area contributed by atoms with Crippen LogP contribution in [0.15, 0.2) is 41.3 Å². The molecule has 27 heavy (non-hydrogen) atoms. The fourth-order valence-corrected chi connectivity index (χ4v) is 3.57. The molecule has 1 N–H and O–H groups in total. The summed E-state index contributed by atoms with van der Waals surface area (Å²) in [6.07, 6.45) is 0. The average Bonchev–Trinajstić information content (AvgIpc) is 2.67. The Balaban J connectivity index is 1.83. The third kappa shape index (κ3) is 6.48. The van der Waals surface area contributed by atoms with Gasteiger partial charge in [-0.05, 0) is 66.7 Å². The Morgan fingerprint density at radius 2 is 1.78 bits per heavy atom. The molecule has 2 rings (SSSR count). The van der Waals surface area contributed by atoms with Crippen molar-refractivity contribution in [3.63, 3.8) is 0 Å². The monoisotopic (exact) mass is 424 g/mol. The van der Waals surface area contributed by atoms with E-state index in [9.17, 15) is 0 Å². The lowest BCUT2D eigenvalue weighted by atomic mass is 10.1. The number of benzene rings is 2. The highest BCUT2D eigenvalue weighted by atomic mass is 35.5. The molecule has 0 heterocycles. The van der Waals surface area contributed by atoms with E-state index in [1.54, 1.807) is 26.0 Å². The van der Waals surface area contributed by atoms with Crippen LogP contribution in [0.3, 0.4) is 0 Å². The molecule has 0 saturated heterocycles. The fourth-order valence-electron chi connectivity index (χ4n) is 2.51. The molecule has 0 aliphatic rings. The number of halogens is 1. The number of nitrogens with one attached hydrogen (secondary N) is 1. The maximum absolute atomic E-state index is 5.90. The van der Waals surface area contributed by atoms with E-state index >= 15 is 0 Å². The zero-order valence-corrected chi connectivity index (χ0v) is 18.4. The quantitative estimate of drug-likeness (QED) is 0.373. The fraction of sp³-hybridized carbons (Fsp3) is 0.350. The normalized spacial score (nSPS) is 10.4. The smallest absolute Gasteiger partial charge is 0.169 e. The van der Waals surface area contributed by atoms with Gasteiger partial charge in [-0.1, -0.05) is 11.6 Å². The molecule has 146 valence electrons. The van der Waals surface area contributed by atoms with Gasteiger partial charge in [-0.15, -0.1) is 11.8 Å². The van der Waals surface area contributed by atoms with Gasteiger partial charge in [-0.3, -0.25) is 0 Å². The van der Waals surface area contributed by atoms with Crippen molar-refractivity contribution >= 4 is 40.7 Å². The van der Waals surface area contributed by atoms with Gasteiger partial charge < -0.3 is 19.7 Å². The molecule has 0 atom stereocenters. The number of hydrogen-bond acceptors (Lipinski definition) is 4. The van der Waals surface area contributed by atoms with Crippen LogP contribution in [0.2, 0.25) is 5.02 Å². The number of thioether (sulfide) groups is 1. The first kappa shape index (κ1) is 21.7. The summed E-state index contributed by atoms with van der Waals surface area (Å²) in [6.45, 7) is 3.55. The Kier molecular flexibility index (Phi) is 8.54. The number of rotatable bonds is 8. The van der Waals surface area contributed by atoms with E-state index < -0.39 is 0 Å². The molecule has 4 nitrogen and oxygen atoms in total. The molecule has 0 aliphatic carbocycles. The van der Waals surface area contributed by atoms with E-state index in [2.05, 4.69) is 12.2 Å². The Labute approximate surface area is 176 Å². The molecule has 2 aromatic carbocycles. The van der Waals surface area contributed by atoms with Crippen LogP contribution >= 0.6 is 35.6 Å². The Morgan fingerprint density at radius 3 is 2.41 bits per heavy atom. The summed E-state index contributed by atoms with van der Waals surface area (Å²) in [4.78, 5) is 3.22. The van der Waals surface area contributed by atoms with Crippen molar-refractivity contribution in [3.8, 4) is 11.5 Å². The molecule has 0 aromatic heterocycles. The predicted molar refractivity (Wildman–Crippen MR) is 119 cm³/mol. The van der Waals surface area contributed by atoms with E-state index in [0.29, 0.717) is 6.54 Å². The summed E-state index contributed by atoms with van der Waals surface area (Å²) in [5.74, 6) is 2.39. The van der Waals surface area contributed by atoms with Crippen LogP contribution in [-0.4, -0.2) is 43.6 Å². The van der Waals surface area contributed by atoms with Crippen molar-refractivity contribution < 1.29 is 9.47 Å². The molecular formula is C20H25ClN2O2S2. The van der Waals surface area contributed by atoms with Gasteiger partial charge in [0.1, 0.15) is 0 Å². The summed E-state index contributed by atoms with van der Waals surface area (Å²) in [5, 5.41) is 4.79. The van der Waals surface area contributed by atoms with Crippen molar-refractivity contribution in [1.29, 1.82) is 0 Å². The lowest BCUT2D eigenvalue weighted by Gasteiger charge is -2.23. The third-order valence-electron chi connectivity index (χ3n) is 4.06. The van der Waals surface area contributed by atoms with Gasteiger partial charge in [-0.25, -0.2) is 0 Å². The molecule has 0 unspecified atom stereocenters. The predicted octanol–water partition coefficient (Wildman–Crippen LogP) is 4.76. The zero-order chi connectivity index (χ0) is 19.8. The van der Waals surface area contributed by atoms with Crippen LogP contribution in [0.25, 0.3) is 0 Å². The van der Waals surface area contributed by atoms with E-state index in [1.807, 2.05) is 48.3 Å². The maximum Gasteiger partial charge on any atom is 0.169 e. The van der Waals surface area contributed by atoms with Crippen LogP contribution in [0.1, 0.15) is 11.1 Å². The van der Waals surface area contributed by atoms with Crippen molar-refractivity contribution in [3.05, 3.63) is 52.5 Å². The minimum atomic E-state index is 0.697. The van der Waals surface area contributed by atoms with Crippen LogP contribution in [-0.2, 0) is 6.54 Å². The molecule has 0 radical (unpaired) electrons. The second-order valence-electron chi connectivity index (χ2n) is 6.02. The summed E-state index contributed by atoms with van der Waals surface area (Å²) in [7, 11) is 5.27. The highest BCUT2D eigenvalue weighted by Crippen LogP contribution is 2.30. The van der Waals surface area contributed by atoms with Crippen molar-refractivity contribution in [2.45, 2.75) is 18.4 Å². The SMILES string of the molecule is COc1cc(C)c(CN(C)C(=S)NCCSc2ccc(Cl)cc2)cc1OC. The van der Waals surface area contributed by atoms with Gasteiger partial charge >= 0.3 is 0 Å². The number of nitrogens with zero attached hydrogens (tertiary/aromatic N) is 1. The van der Waals surface area contributed by atoms with E-state index in [4.69, 9.17) is 33.3 Å². The van der Waals surface area contributed by atoms with Gasteiger partial charge in [0.15, 0.2) is 16.6 Å². The minimum Gasteiger partial charge on any atom is -0.493 e. The largest absolute Gasteiger partial charge is 0.493 e. The molecule has 0 amide bonds. The second kappa shape index (κ2) is 10.6. The first-order valence-electron chi connectivity index (χ1n) is 8.53. The lowest BCUT2D eigenvalue weighted by Crippen LogP contribution is -2.37. The number of hydrogen-bond donors (Lipinski definition) is 1. The number of thiocarbonyl (C=S) groups is 1. The maximum atomic E-state index is 5.90. The molecule has 2 aromatic rings. The van der Waals surface area contributed by atoms with Gasteiger partial charge in [0.2, 0.25) is 0 Å². The molecule has 0 aliphatic heterocycles. The average molecular weight is 425 g/mol.